The van der Waals surface area contributed by atoms with E-state index in [2.05, 4.69) is 31.0 Å². The number of benzene rings is 1. The molecule has 170 valence electrons. The van der Waals surface area contributed by atoms with Gasteiger partial charge in [-0.25, -0.2) is 13.4 Å². The van der Waals surface area contributed by atoms with Crippen molar-refractivity contribution in [3.8, 4) is 5.69 Å². The topological polar surface area (TPSA) is 85.4 Å². The predicted molar refractivity (Wildman–Crippen MR) is 125 cm³/mol. The lowest BCUT2D eigenvalue weighted by molar-refractivity contribution is -0.131. The highest BCUT2D eigenvalue weighted by atomic mass is 32.2. The Kier molecular flexibility index (Phi) is 6.76. The fourth-order valence-corrected chi connectivity index (χ4v) is 6.58. The number of amides is 1. The van der Waals surface area contributed by atoms with E-state index in [9.17, 15) is 13.2 Å². The Bertz CT molecular complexity index is 1170. The van der Waals surface area contributed by atoms with Gasteiger partial charge in [-0.3, -0.25) is 9.36 Å². The number of carbonyl (C=O) groups excluding carboxylic acids is 1. The van der Waals surface area contributed by atoms with Crippen LogP contribution >= 0.6 is 11.8 Å². The fourth-order valence-electron chi connectivity index (χ4n) is 4.00. The van der Waals surface area contributed by atoms with Crippen molar-refractivity contribution in [2.24, 2.45) is 0 Å². The van der Waals surface area contributed by atoms with Gasteiger partial charge in [0.1, 0.15) is 5.76 Å². The molecular weight excluding hydrogens is 446 g/mol. The van der Waals surface area contributed by atoms with Gasteiger partial charge in [-0.15, -0.1) is 0 Å². The van der Waals surface area contributed by atoms with Crippen LogP contribution in [0.2, 0.25) is 0 Å². The number of hydrogen-bond acceptors (Lipinski definition) is 6. The van der Waals surface area contributed by atoms with Crippen LogP contribution in [0, 0.1) is 0 Å². The molecule has 4 rings (SSSR count). The van der Waals surface area contributed by atoms with Crippen LogP contribution in [0.15, 0.2) is 64.6 Å². The zero-order valence-electron chi connectivity index (χ0n) is 18.2. The Hall–Kier alpha value is -2.52. The number of thioether (sulfide) groups is 1. The summed E-state index contributed by atoms with van der Waals surface area (Å²) in [4.78, 5) is 19.3. The molecule has 2 aromatic heterocycles. The first-order valence-corrected chi connectivity index (χ1v) is 13.4. The molecule has 9 heteroatoms. The molecule has 7 nitrogen and oxygen atoms in total. The van der Waals surface area contributed by atoms with Gasteiger partial charge in [-0.2, -0.15) is 0 Å². The van der Waals surface area contributed by atoms with Gasteiger partial charge in [0.2, 0.25) is 5.91 Å². The summed E-state index contributed by atoms with van der Waals surface area (Å²) >= 11 is 1.36. The van der Waals surface area contributed by atoms with Gasteiger partial charge in [0, 0.05) is 18.4 Å². The van der Waals surface area contributed by atoms with Crippen LogP contribution in [0.3, 0.4) is 0 Å². The lowest BCUT2D eigenvalue weighted by Gasteiger charge is -2.27. The molecule has 0 radical (unpaired) electrons. The third-order valence-electron chi connectivity index (χ3n) is 5.63. The van der Waals surface area contributed by atoms with Gasteiger partial charge in [0.25, 0.3) is 0 Å². The third-order valence-corrected chi connectivity index (χ3v) is 8.33. The van der Waals surface area contributed by atoms with Crippen LogP contribution in [0.4, 0.5) is 0 Å². The van der Waals surface area contributed by atoms with E-state index in [1.165, 1.54) is 17.3 Å². The number of sulfone groups is 1. The molecule has 0 N–H and O–H groups in total. The standard InChI is InChI=1S/C23H27N3O4S2/c1-17(2)20-7-3-4-8-21(20)25-11-10-24-23(25)31-15-22(27)26(14-19-6-5-12-30-19)18-9-13-32(28,29)16-18/h3-8,10-12,17-18H,9,13-16H2,1-2H3/t18-/m0/s1. The van der Waals surface area contributed by atoms with Crippen LogP contribution in [0.1, 0.15) is 37.5 Å². The molecule has 1 aliphatic rings. The Morgan fingerprint density at radius 1 is 1.28 bits per heavy atom. The minimum atomic E-state index is -3.11. The Balaban J connectivity index is 1.52. The minimum absolute atomic E-state index is 0.000502. The molecule has 0 aliphatic carbocycles. The van der Waals surface area contributed by atoms with E-state index < -0.39 is 9.84 Å². The van der Waals surface area contributed by atoms with Crippen molar-refractivity contribution in [1.29, 1.82) is 0 Å². The Labute approximate surface area is 192 Å². The fraction of sp³-hybridized carbons (Fsp3) is 0.391. The lowest BCUT2D eigenvalue weighted by Crippen LogP contribution is -2.41. The zero-order chi connectivity index (χ0) is 22.7. The van der Waals surface area contributed by atoms with Crippen molar-refractivity contribution in [2.75, 3.05) is 17.3 Å². The van der Waals surface area contributed by atoms with E-state index in [0.717, 1.165) is 10.8 Å². The van der Waals surface area contributed by atoms with E-state index >= 15 is 0 Å². The molecule has 0 bridgehead atoms. The number of imidazole rings is 1. The molecule has 3 aromatic rings. The maximum absolute atomic E-state index is 13.2. The molecule has 1 fully saturated rings. The van der Waals surface area contributed by atoms with E-state index in [0.29, 0.717) is 18.1 Å². The van der Waals surface area contributed by atoms with E-state index in [-0.39, 0.29) is 35.8 Å². The molecule has 3 heterocycles. The summed E-state index contributed by atoms with van der Waals surface area (Å²) in [7, 11) is -3.11. The van der Waals surface area contributed by atoms with Crippen LogP contribution in [0.25, 0.3) is 5.69 Å². The number of aromatic nitrogens is 2. The van der Waals surface area contributed by atoms with Crippen LogP contribution in [-0.4, -0.2) is 52.1 Å². The molecule has 1 amide bonds. The predicted octanol–water partition coefficient (Wildman–Crippen LogP) is 3.90. The van der Waals surface area contributed by atoms with E-state index in [1.54, 1.807) is 29.5 Å². The molecule has 1 aliphatic heterocycles. The maximum atomic E-state index is 13.2. The highest BCUT2D eigenvalue weighted by Crippen LogP contribution is 2.28. The third kappa shape index (κ3) is 5.10. The first-order chi connectivity index (χ1) is 15.3. The highest BCUT2D eigenvalue weighted by Gasteiger charge is 2.35. The smallest absolute Gasteiger partial charge is 0.233 e. The molecule has 1 aromatic carbocycles. The molecule has 32 heavy (non-hydrogen) atoms. The van der Waals surface area contributed by atoms with Crippen molar-refractivity contribution in [3.63, 3.8) is 0 Å². The summed E-state index contributed by atoms with van der Waals surface area (Å²) in [5, 5.41) is 0.725. The van der Waals surface area contributed by atoms with Crippen molar-refractivity contribution < 1.29 is 17.6 Å². The summed E-state index contributed by atoms with van der Waals surface area (Å²) in [6, 6.07) is 11.4. The molecule has 0 unspecified atom stereocenters. The number of nitrogens with zero attached hydrogens (tertiary/aromatic N) is 3. The summed E-state index contributed by atoms with van der Waals surface area (Å²) < 4.78 is 31.5. The van der Waals surface area contributed by atoms with Gasteiger partial charge >= 0.3 is 0 Å². The van der Waals surface area contributed by atoms with Gasteiger partial charge in [-0.05, 0) is 36.1 Å². The van der Waals surface area contributed by atoms with Crippen LogP contribution < -0.4 is 0 Å². The summed E-state index contributed by atoms with van der Waals surface area (Å²) in [6.45, 7) is 4.56. The second kappa shape index (κ2) is 9.54. The molecule has 1 saturated heterocycles. The van der Waals surface area contributed by atoms with Crippen LogP contribution in [-0.2, 0) is 21.2 Å². The summed E-state index contributed by atoms with van der Waals surface area (Å²) in [5.41, 5.74) is 2.25. The number of carbonyl (C=O) groups is 1. The summed E-state index contributed by atoms with van der Waals surface area (Å²) in [6.07, 6.45) is 5.64. The Morgan fingerprint density at radius 2 is 2.09 bits per heavy atom. The van der Waals surface area contributed by atoms with E-state index in [4.69, 9.17) is 4.42 Å². The van der Waals surface area contributed by atoms with Gasteiger partial charge in [-0.1, -0.05) is 43.8 Å². The molecule has 0 spiro atoms. The zero-order valence-corrected chi connectivity index (χ0v) is 19.8. The largest absolute Gasteiger partial charge is 0.467 e. The average Bonchev–Trinajstić information content (AvgIpc) is 3.51. The van der Waals surface area contributed by atoms with E-state index in [1.807, 2.05) is 22.9 Å². The van der Waals surface area contributed by atoms with Crippen molar-refractivity contribution in [3.05, 3.63) is 66.4 Å². The van der Waals surface area contributed by atoms with Crippen molar-refractivity contribution in [2.45, 2.75) is 43.9 Å². The maximum Gasteiger partial charge on any atom is 0.233 e. The Morgan fingerprint density at radius 3 is 2.78 bits per heavy atom. The molecule has 1 atom stereocenters. The SMILES string of the molecule is CC(C)c1ccccc1-n1ccnc1SCC(=O)N(Cc1ccco1)[C@H]1CCS(=O)(=O)C1. The van der Waals surface area contributed by atoms with Crippen molar-refractivity contribution in [1.82, 2.24) is 14.5 Å². The highest BCUT2D eigenvalue weighted by molar-refractivity contribution is 7.99. The average molecular weight is 474 g/mol. The first-order valence-electron chi connectivity index (χ1n) is 10.6. The monoisotopic (exact) mass is 473 g/mol. The molecule has 0 saturated carbocycles. The number of hydrogen-bond donors (Lipinski definition) is 0. The second-order valence-corrected chi connectivity index (χ2v) is 11.4. The van der Waals surface area contributed by atoms with Gasteiger partial charge in [0.05, 0.1) is 35.8 Å². The lowest BCUT2D eigenvalue weighted by atomic mass is 10.0. The minimum Gasteiger partial charge on any atom is -0.467 e. The number of furan rings is 1. The summed E-state index contributed by atoms with van der Waals surface area (Å²) in [5.74, 6) is 1.14. The molecular formula is C23H27N3O4S2. The van der Waals surface area contributed by atoms with Gasteiger partial charge < -0.3 is 9.32 Å². The quantitative estimate of drug-likeness (QED) is 0.461. The normalized spacial score (nSPS) is 17.7. The van der Waals surface area contributed by atoms with Crippen molar-refractivity contribution >= 4 is 27.5 Å². The first kappa shape index (κ1) is 22.7. The second-order valence-electron chi connectivity index (χ2n) is 8.24. The van der Waals surface area contributed by atoms with Crippen LogP contribution in [0.5, 0.6) is 0 Å². The van der Waals surface area contributed by atoms with Gasteiger partial charge in [0.15, 0.2) is 15.0 Å². The number of rotatable bonds is 8. The number of para-hydroxylation sites is 1.